The van der Waals surface area contributed by atoms with Crippen LogP contribution in [0, 0.1) is 5.41 Å². The Morgan fingerprint density at radius 2 is 1.76 bits per heavy atom. The molecule has 0 amide bonds. The zero-order valence-corrected chi connectivity index (χ0v) is 8.92. The van der Waals surface area contributed by atoms with Gasteiger partial charge < -0.3 is 5.11 Å². The lowest BCUT2D eigenvalue weighted by Gasteiger charge is -2.11. The Morgan fingerprint density at radius 3 is 2.12 bits per heavy atom. The number of carboxylic acids is 1. The van der Waals surface area contributed by atoms with Crippen molar-refractivity contribution >= 4 is 5.97 Å². The Bertz CT molecular complexity index is 430. The number of carboxylic acid groups (broad SMARTS) is 1. The van der Waals surface area contributed by atoms with Crippen molar-refractivity contribution in [2.24, 2.45) is 5.41 Å². The Morgan fingerprint density at radius 1 is 1.24 bits per heavy atom. The Hall–Kier alpha value is -1.52. The summed E-state index contributed by atoms with van der Waals surface area (Å²) in [6, 6.07) is 4.69. The fraction of sp³-hybridized carbons (Fsp3) is 0.417. The van der Waals surface area contributed by atoms with Crippen LogP contribution in [0.2, 0.25) is 0 Å². The van der Waals surface area contributed by atoms with E-state index in [2.05, 4.69) is 0 Å². The van der Waals surface area contributed by atoms with Crippen LogP contribution in [-0.4, -0.2) is 11.1 Å². The van der Waals surface area contributed by atoms with Crippen LogP contribution in [0.5, 0.6) is 0 Å². The second-order valence-corrected chi connectivity index (χ2v) is 4.46. The van der Waals surface area contributed by atoms with E-state index in [4.69, 9.17) is 5.11 Å². The average molecular weight is 244 g/mol. The summed E-state index contributed by atoms with van der Waals surface area (Å²) >= 11 is 0. The van der Waals surface area contributed by atoms with Crippen molar-refractivity contribution in [2.45, 2.75) is 25.4 Å². The lowest BCUT2D eigenvalue weighted by atomic mass is 9.96. The number of hydrogen-bond acceptors (Lipinski definition) is 1. The molecule has 17 heavy (non-hydrogen) atoms. The molecular formula is C12H11F3O2. The average Bonchev–Trinajstić information content (AvgIpc) is 2.98. The first kappa shape index (κ1) is 12.0. The van der Waals surface area contributed by atoms with Crippen LogP contribution in [0.25, 0.3) is 0 Å². The van der Waals surface area contributed by atoms with Crippen LogP contribution in [0.3, 0.4) is 0 Å². The normalized spacial score (nSPS) is 17.8. The second kappa shape index (κ2) is 3.75. The van der Waals surface area contributed by atoms with Gasteiger partial charge in [-0.3, -0.25) is 4.79 Å². The zero-order valence-electron chi connectivity index (χ0n) is 8.92. The van der Waals surface area contributed by atoms with Crippen LogP contribution in [-0.2, 0) is 17.4 Å². The van der Waals surface area contributed by atoms with Gasteiger partial charge in [-0.1, -0.05) is 12.1 Å². The summed E-state index contributed by atoms with van der Waals surface area (Å²) in [4.78, 5) is 10.9. The molecule has 1 aliphatic rings. The lowest BCUT2D eigenvalue weighted by Crippen LogP contribution is -2.17. The van der Waals surface area contributed by atoms with Crippen molar-refractivity contribution in [3.05, 3.63) is 35.4 Å². The zero-order chi connectivity index (χ0) is 12.7. The summed E-state index contributed by atoms with van der Waals surface area (Å²) in [6.07, 6.45) is -2.84. The molecule has 0 spiro atoms. The molecule has 0 bridgehead atoms. The van der Waals surface area contributed by atoms with Crippen LogP contribution >= 0.6 is 0 Å². The first-order valence-corrected chi connectivity index (χ1v) is 5.23. The van der Waals surface area contributed by atoms with Gasteiger partial charge in [0.15, 0.2) is 0 Å². The molecule has 0 atom stereocenters. The minimum atomic E-state index is -4.34. The minimum absolute atomic E-state index is 0.306. The fourth-order valence-corrected chi connectivity index (χ4v) is 1.82. The van der Waals surface area contributed by atoms with E-state index in [1.165, 1.54) is 12.1 Å². The number of hydrogen-bond donors (Lipinski definition) is 1. The number of rotatable bonds is 3. The van der Waals surface area contributed by atoms with Crippen LogP contribution in [0.4, 0.5) is 13.2 Å². The van der Waals surface area contributed by atoms with Gasteiger partial charge in [0.2, 0.25) is 0 Å². The number of alkyl halides is 3. The molecule has 1 saturated carbocycles. The molecule has 0 radical (unpaired) electrons. The summed E-state index contributed by atoms with van der Waals surface area (Å²) in [7, 11) is 0. The topological polar surface area (TPSA) is 37.3 Å². The van der Waals surface area contributed by atoms with Gasteiger partial charge in [-0.2, -0.15) is 13.2 Å². The number of benzene rings is 1. The predicted octanol–water partition coefficient (Wildman–Crippen LogP) is 3.11. The standard InChI is InChI=1S/C12H11F3O2/c13-12(14,15)9-3-1-8(2-4-9)7-11(5-6-11)10(16)17/h1-4H,5-7H2,(H,16,17). The van der Waals surface area contributed by atoms with Gasteiger partial charge >= 0.3 is 12.1 Å². The molecular weight excluding hydrogens is 233 g/mol. The van der Waals surface area contributed by atoms with Gasteiger partial charge in [-0.25, -0.2) is 0 Å². The van der Waals surface area contributed by atoms with E-state index in [1.807, 2.05) is 0 Å². The molecule has 92 valence electrons. The maximum atomic E-state index is 12.3. The second-order valence-electron chi connectivity index (χ2n) is 4.46. The van der Waals surface area contributed by atoms with Crippen LogP contribution < -0.4 is 0 Å². The van der Waals surface area contributed by atoms with Gasteiger partial charge in [-0.15, -0.1) is 0 Å². The molecule has 1 aliphatic carbocycles. The minimum Gasteiger partial charge on any atom is -0.481 e. The molecule has 1 fully saturated rings. The molecule has 1 N–H and O–H groups in total. The largest absolute Gasteiger partial charge is 0.481 e. The lowest BCUT2D eigenvalue weighted by molar-refractivity contribution is -0.143. The number of aliphatic carboxylic acids is 1. The number of carbonyl (C=O) groups is 1. The van der Waals surface area contributed by atoms with Gasteiger partial charge in [0, 0.05) is 0 Å². The highest BCUT2D eigenvalue weighted by Gasteiger charge is 2.49. The van der Waals surface area contributed by atoms with Crippen LogP contribution in [0.15, 0.2) is 24.3 Å². The van der Waals surface area contributed by atoms with E-state index >= 15 is 0 Å². The molecule has 0 heterocycles. The molecule has 0 aliphatic heterocycles. The molecule has 1 aromatic carbocycles. The van der Waals surface area contributed by atoms with Crippen molar-refractivity contribution in [3.8, 4) is 0 Å². The van der Waals surface area contributed by atoms with Gasteiger partial charge in [0.25, 0.3) is 0 Å². The highest BCUT2D eigenvalue weighted by Crippen LogP contribution is 2.48. The summed E-state index contributed by atoms with van der Waals surface area (Å²) in [6.45, 7) is 0. The highest BCUT2D eigenvalue weighted by molar-refractivity contribution is 5.78. The molecule has 5 heteroatoms. The predicted molar refractivity (Wildman–Crippen MR) is 54.5 cm³/mol. The fourth-order valence-electron chi connectivity index (χ4n) is 1.82. The maximum absolute atomic E-state index is 12.3. The SMILES string of the molecule is O=C(O)C1(Cc2ccc(C(F)(F)F)cc2)CC1. The molecule has 2 nitrogen and oxygen atoms in total. The van der Waals surface area contributed by atoms with Crippen molar-refractivity contribution in [1.29, 1.82) is 0 Å². The van der Waals surface area contributed by atoms with E-state index in [0.29, 0.717) is 24.8 Å². The van der Waals surface area contributed by atoms with Gasteiger partial charge in [0.1, 0.15) is 0 Å². The van der Waals surface area contributed by atoms with Gasteiger partial charge in [0.05, 0.1) is 11.0 Å². The quantitative estimate of drug-likeness (QED) is 0.887. The number of halogens is 3. The Kier molecular flexibility index (Phi) is 2.64. The monoisotopic (exact) mass is 244 g/mol. The molecule has 0 saturated heterocycles. The van der Waals surface area contributed by atoms with E-state index in [0.717, 1.165) is 12.1 Å². The first-order valence-electron chi connectivity index (χ1n) is 5.23. The summed E-state index contributed by atoms with van der Waals surface area (Å²) in [5.41, 5.74) is -0.806. The summed E-state index contributed by atoms with van der Waals surface area (Å²) < 4.78 is 36.9. The van der Waals surface area contributed by atoms with Crippen molar-refractivity contribution in [2.75, 3.05) is 0 Å². The molecule has 0 unspecified atom stereocenters. The summed E-state index contributed by atoms with van der Waals surface area (Å²) in [5, 5.41) is 8.97. The molecule has 2 rings (SSSR count). The van der Waals surface area contributed by atoms with Crippen LogP contribution in [0.1, 0.15) is 24.0 Å². The van der Waals surface area contributed by atoms with E-state index in [9.17, 15) is 18.0 Å². The third kappa shape index (κ3) is 2.43. The Balaban J connectivity index is 2.12. The summed E-state index contributed by atoms with van der Waals surface area (Å²) in [5.74, 6) is -0.864. The van der Waals surface area contributed by atoms with Crippen molar-refractivity contribution in [1.82, 2.24) is 0 Å². The first-order chi connectivity index (χ1) is 7.83. The van der Waals surface area contributed by atoms with E-state index < -0.39 is 23.1 Å². The Labute approximate surface area is 96.1 Å². The highest BCUT2D eigenvalue weighted by atomic mass is 19.4. The van der Waals surface area contributed by atoms with Crippen molar-refractivity contribution < 1.29 is 23.1 Å². The maximum Gasteiger partial charge on any atom is 0.416 e. The van der Waals surface area contributed by atoms with E-state index in [1.54, 1.807) is 0 Å². The van der Waals surface area contributed by atoms with Crippen molar-refractivity contribution in [3.63, 3.8) is 0 Å². The molecule has 1 aromatic rings. The third-order valence-corrected chi connectivity index (χ3v) is 3.13. The third-order valence-electron chi connectivity index (χ3n) is 3.13. The van der Waals surface area contributed by atoms with E-state index in [-0.39, 0.29) is 0 Å². The smallest absolute Gasteiger partial charge is 0.416 e. The van der Waals surface area contributed by atoms with Gasteiger partial charge in [-0.05, 0) is 37.0 Å². The molecule has 0 aromatic heterocycles.